The van der Waals surface area contributed by atoms with Gasteiger partial charge in [0, 0.05) is 25.1 Å². The van der Waals surface area contributed by atoms with Crippen molar-refractivity contribution in [3.8, 4) is 0 Å². The maximum absolute atomic E-state index is 11.5. The maximum atomic E-state index is 11.5. The fourth-order valence-corrected chi connectivity index (χ4v) is 1.96. The summed E-state index contributed by atoms with van der Waals surface area (Å²) in [5.41, 5.74) is 8.01. The van der Waals surface area contributed by atoms with Crippen LogP contribution < -0.4 is 11.1 Å². The predicted octanol–water partition coefficient (Wildman–Crippen LogP) is 2.19. The Hall–Kier alpha value is -1.88. The van der Waals surface area contributed by atoms with Crippen molar-refractivity contribution in [2.75, 3.05) is 11.9 Å². The number of fused-ring (bicyclic) bond motifs is 1. The number of H-pyrrole nitrogens is 1. The molecule has 5 nitrogen and oxygen atoms in total. The molecular formula is C14H20N4O. The molecule has 0 fully saturated rings. The number of nitrogens with one attached hydrogen (secondary N) is 2. The highest BCUT2D eigenvalue weighted by Crippen LogP contribution is 2.18. The van der Waals surface area contributed by atoms with E-state index in [0.717, 1.165) is 41.8 Å². The first-order valence-electron chi connectivity index (χ1n) is 6.71. The average molecular weight is 260 g/mol. The molecule has 0 aliphatic rings. The zero-order valence-corrected chi connectivity index (χ0v) is 11.2. The molecule has 4 N–H and O–H groups in total. The van der Waals surface area contributed by atoms with E-state index in [0.29, 0.717) is 13.0 Å². The molecule has 0 saturated heterocycles. The fourth-order valence-electron chi connectivity index (χ4n) is 1.96. The highest BCUT2D eigenvalue weighted by atomic mass is 16.1. The molecule has 0 spiro atoms. The molecule has 1 aromatic carbocycles. The summed E-state index contributed by atoms with van der Waals surface area (Å²) in [7, 11) is 0. The third-order valence-corrected chi connectivity index (χ3v) is 2.95. The second-order valence-corrected chi connectivity index (χ2v) is 4.61. The lowest BCUT2D eigenvalue weighted by Gasteiger charge is -2.03. The zero-order chi connectivity index (χ0) is 13.7. The van der Waals surface area contributed by atoms with E-state index in [4.69, 9.17) is 5.73 Å². The number of unbranched alkanes of at least 4 members (excludes halogenated alkanes) is 1. The SMILES string of the molecule is CCCCc1nc2ccc(NC(=O)CCN)cc2[nH]1. The molecule has 5 heteroatoms. The molecule has 1 aromatic heterocycles. The van der Waals surface area contributed by atoms with Crippen LogP contribution in [0.15, 0.2) is 18.2 Å². The van der Waals surface area contributed by atoms with E-state index in [1.54, 1.807) is 0 Å². The monoisotopic (exact) mass is 260 g/mol. The molecule has 1 amide bonds. The summed E-state index contributed by atoms with van der Waals surface area (Å²) in [6, 6.07) is 5.69. The molecule has 0 unspecified atom stereocenters. The Balaban J connectivity index is 2.13. The van der Waals surface area contributed by atoms with E-state index in [1.807, 2.05) is 18.2 Å². The Labute approximate surface area is 112 Å². The first kappa shape index (κ1) is 13.5. The number of hydrogen-bond acceptors (Lipinski definition) is 3. The van der Waals surface area contributed by atoms with Gasteiger partial charge in [0.05, 0.1) is 11.0 Å². The summed E-state index contributed by atoms with van der Waals surface area (Å²) >= 11 is 0. The Bertz CT molecular complexity index is 562. The number of anilines is 1. The van der Waals surface area contributed by atoms with Gasteiger partial charge in [0.15, 0.2) is 0 Å². The number of benzene rings is 1. The van der Waals surface area contributed by atoms with Crippen molar-refractivity contribution < 1.29 is 4.79 Å². The van der Waals surface area contributed by atoms with Crippen LogP contribution in [-0.2, 0) is 11.2 Å². The van der Waals surface area contributed by atoms with E-state index in [2.05, 4.69) is 22.2 Å². The van der Waals surface area contributed by atoms with Crippen molar-refractivity contribution in [3.63, 3.8) is 0 Å². The minimum absolute atomic E-state index is 0.0624. The summed E-state index contributed by atoms with van der Waals surface area (Å²) in [6.45, 7) is 2.52. The van der Waals surface area contributed by atoms with Crippen molar-refractivity contribution in [2.45, 2.75) is 32.6 Å². The number of rotatable bonds is 6. The minimum atomic E-state index is -0.0624. The summed E-state index contributed by atoms with van der Waals surface area (Å²) in [6.07, 6.45) is 3.57. The normalized spacial score (nSPS) is 10.8. The van der Waals surface area contributed by atoms with Gasteiger partial charge in [-0.1, -0.05) is 13.3 Å². The number of hydrogen-bond donors (Lipinski definition) is 3. The van der Waals surface area contributed by atoms with E-state index >= 15 is 0 Å². The maximum Gasteiger partial charge on any atom is 0.225 e. The first-order valence-corrected chi connectivity index (χ1v) is 6.71. The largest absolute Gasteiger partial charge is 0.342 e. The molecule has 19 heavy (non-hydrogen) atoms. The quantitative estimate of drug-likeness (QED) is 0.744. The molecule has 2 rings (SSSR count). The second-order valence-electron chi connectivity index (χ2n) is 4.61. The Kier molecular flexibility index (Phi) is 4.52. The number of nitrogens with zero attached hydrogens (tertiary/aromatic N) is 1. The molecule has 0 aliphatic heterocycles. The summed E-state index contributed by atoms with van der Waals surface area (Å²) in [5.74, 6) is 0.940. The van der Waals surface area contributed by atoms with Gasteiger partial charge in [0.2, 0.25) is 5.91 Å². The number of aryl methyl sites for hydroxylation is 1. The number of imidazole rings is 1. The van der Waals surface area contributed by atoms with Crippen LogP contribution in [0.1, 0.15) is 32.0 Å². The van der Waals surface area contributed by atoms with Gasteiger partial charge in [0.25, 0.3) is 0 Å². The van der Waals surface area contributed by atoms with E-state index < -0.39 is 0 Å². The third-order valence-electron chi connectivity index (χ3n) is 2.95. The van der Waals surface area contributed by atoms with E-state index in [1.165, 1.54) is 0 Å². The summed E-state index contributed by atoms with van der Waals surface area (Å²) in [4.78, 5) is 19.3. The molecule has 102 valence electrons. The van der Waals surface area contributed by atoms with Crippen LogP contribution in [0, 0.1) is 0 Å². The topological polar surface area (TPSA) is 83.8 Å². The lowest BCUT2D eigenvalue weighted by Crippen LogP contribution is -2.16. The second kappa shape index (κ2) is 6.33. The van der Waals surface area contributed by atoms with E-state index in [-0.39, 0.29) is 5.91 Å². The van der Waals surface area contributed by atoms with Crippen molar-refractivity contribution in [2.24, 2.45) is 5.73 Å². The van der Waals surface area contributed by atoms with E-state index in [9.17, 15) is 4.79 Å². The fraction of sp³-hybridized carbons (Fsp3) is 0.429. The highest BCUT2D eigenvalue weighted by Gasteiger charge is 2.05. The Morgan fingerprint density at radius 3 is 3.05 bits per heavy atom. The molecule has 0 radical (unpaired) electrons. The molecule has 2 aromatic rings. The zero-order valence-electron chi connectivity index (χ0n) is 11.2. The van der Waals surface area contributed by atoms with Crippen LogP contribution >= 0.6 is 0 Å². The number of aromatic nitrogens is 2. The van der Waals surface area contributed by atoms with Crippen molar-refractivity contribution >= 4 is 22.6 Å². The molecule has 0 atom stereocenters. The molecule has 0 saturated carbocycles. The third kappa shape index (κ3) is 3.54. The van der Waals surface area contributed by atoms with Crippen LogP contribution in [-0.4, -0.2) is 22.4 Å². The Morgan fingerprint density at radius 1 is 1.47 bits per heavy atom. The lowest BCUT2D eigenvalue weighted by molar-refractivity contribution is -0.116. The lowest BCUT2D eigenvalue weighted by atomic mass is 10.2. The first-order chi connectivity index (χ1) is 9.22. The Morgan fingerprint density at radius 2 is 2.32 bits per heavy atom. The van der Waals surface area contributed by atoms with Crippen molar-refractivity contribution in [1.29, 1.82) is 0 Å². The van der Waals surface area contributed by atoms with Gasteiger partial charge < -0.3 is 16.0 Å². The number of nitrogens with two attached hydrogens (primary N) is 1. The van der Waals surface area contributed by atoms with Gasteiger partial charge in [-0.3, -0.25) is 4.79 Å². The molecule has 0 bridgehead atoms. The van der Waals surface area contributed by atoms with Crippen LogP contribution in [0.25, 0.3) is 11.0 Å². The predicted molar refractivity (Wildman–Crippen MR) is 77.0 cm³/mol. The standard InChI is InChI=1S/C14H20N4O/c1-2-3-4-13-17-11-6-5-10(9-12(11)18-13)16-14(19)7-8-15/h5-6,9H,2-4,7-8,15H2,1H3,(H,16,19)(H,17,18). The highest BCUT2D eigenvalue weighted by molar-refractivity contribution is 5.93. The number of aromatic amines is 1. The van der Waals surface area contributed by atoms with Gasteiger partial charge in [-0.15, -0.1) is 0 Å². The average Bonchev–Trinajstić information content (AvgIpc) is 2.78. The van der Waals surface area contributed by atoms with Crippen LogP contribution in [0.5, 0.6) is 0 Å². The van der Waals surface area contributed by atoms with Gasteiger partial charge >= 0.3 is 0 Å². The number of carbonyl (C=O) groups is 1. The van der Waals surface area contributed by atoms with Gasteiger partial charge in [0.1, 0.15) is 5.82 Å². The van der Waals surface area contributed by atoms with Crippen molar-refractivity contribution in [1.82, 2.24) is 9.97 Å². The summed E-state index contributed by atoms with van der Waals surface area (Å²) < 4.78 is 0. The van der Waals surface area contributed by atoms with Gasteiger partial charge in [-0.25, -0.2) is 4.98 Å². The number of carbonyl (C=O) groups excluding carboxylic acids is 1. The van der Waals surface area contributed by atoms with Gasteiger partial charge in [-0.2, -0.15) is 0 Å². The number of amides is 1. The van der Waals surface area contributed by atoms with Gasteiger partial charge in [-0.05, 0) is 24.6 Å². The smallest absolute Gasteiger partial charge is 0.225 e. The van der Waals surface area contributed by atoms with Crippen LogP contribution in [0.2, 0.25) is 0 Å². The summed E-state index contributed by atoms with van der Waals surface area (Å²) in [5, 5.41) is 2.82. The van der Waals surface area contributed by atoms with Crippen LogP contribution in [0.4, 0.5) is 5.69 Å². The van der Waals surface area contributed by atoms with Crippen molar-refractivity contribution in [3.05, 3.63) is 24.0 Å². The molecule has 1 heterocycles. The molecule has 0 aliphatic carbocycles. The molecular weight excluding hydrogens is 240 g/mol. The van der Waals surface area contributed by atoms with Crippen LogP contribution in [0.3, 0.4) is 0 Å². The minimum Gasteiger partial charge on any atom is -0.342 e.